The van der Waals surface area contributed by atoms with Crippen molar-refractivity contribution >= 4 is 23.4 Å². The molecule has 0 saturated heterocycles. The highest BCUT2D eigenvalue weighted by molar-refractivity contribution is 6.33. The Morgan fingerprint density at radius 1 is 1.11 bits per heavy atom. The fourth-order valence-electron chi connectivity index (χ4n) is 2.59. The molecule has 1 N–H and O–H groups in total. The number of nitrogens with one attached hydrogen (secondary N) is 1. The third kappa shape index (κ3) is 2.99. The van der Waals surface area contributed by atoms with Gasteiger partial charge in [-0.3, -0.25) is 10.1 Å². The van der Waals surface area contributed by atoms with Crippen molar-refractivity contribution in [1.82, 2.24) is 4.98 Å². The number of nitrogens with zero attached hydrogens (tertiary/aromatic N) is 2. The maximum Gasteiger partial charge on any atom is 0.261 e. The summed E-state index contributed by atoms with van der Waals surface area (Å²) in [4.78, 5) is 16.4. The lowest BCUT2D eigenvalue weighted by Crippen LogP contribution is -2.13. The molecule has 8 heteroatoms. The van der Waals surface area contributed by atoms with Crippen molar-refractivity contribution in [3.05, 3.63) is 71.4 Å². The van der Waals surface area contributed by atoms with Crippen molar-refractivity contribution in [3.8, 4) is 28.9 Å². The number of amides is 1. The molecular formula is C19H10ClN3O4. The molecule has 0 fully saturated rings. The Kier molecular flexibility index (Phi) is 4.24. The summed E-state index contributed by atoms with van der Waals surface area (Å²) >= 11 is 5.96. The Balaban J connectivity index is 1.82. The van der Waals surface area contributed by atoms with Crippen LogP contribution in [0.25, 0.3) is 22.8 Å². The van der Waals surface area contributed by atoms with E-state index in [0.29, 0.717) is 17.1 Å². The maximum absolute atomic E-state index is 12.5. The first kappa shape index (κ1) is 16.7. The highest BCUT2D eigenvalue weighted by atomic mass is 35.5. The second-order valence-electron chi connectivity index (χ2n) is 5.37. The molecule has 7 nitrogen and oxygen atoms in total. The van der Waals surface area contributed by atoms with E-state index in [0.717, 1.165) is 0 Å². The van der Waals surface area contributed by atoms with Gasteiger partial charge in [0.25, 0.3) is 5.91 Å². The summed E-state index contributed by atoms with van der Waals surface area (Å²) in [5.41, 5.74) is 0.633. The van der Waals surface area contributed by atoms with Crippen molar-refractivity contribution in [1.29, 1.82) is 5.26 Å². The number of carbonyl (C=O) groups excluding carboxylic acids is 1. The number of nitriles is 1. The fourth-order valence-corrected chi connectivity index (χ4v) is 2.79. The number of anilines is 1. The maximum atomic E-state index is 12.5. The normalized spacial score (nSPS) is 10.5. The van der Waals surface area contributed by atoms with E-state index >= 15 is 0 Å². The van der Waals surface area contributed by atoms with Crippen LogP contribution in [0.1, 0.15) is 15.9 Å². The van der Waals surface area contributed by atoms with E-state index < -0.39 is 5.91 Å². The summed E-state index contributed by atoms with van der Waals surface area (Å²) in [5, 5.41) is 12.3. The van der Waals surface area contributed by atoms with Gasteiger partial charge in [-0.15, -0.1) is 0 Å². The van der Waals surface area contributed by atoms with Gasteiger partial charge in [0.15, 0.2) is 11.5 Å². The quantitative estimate of drug-likeness (QED) is 0.502. The monoisotopic (exact) mass is 379 g/mol. The lowest BCUT2D eigenvalue weighted by Gasteiger charge is -2.03. The average Bonchev–Trinajstić information content (AvgIpc) is 3.42. The molecule has 0 aliphatic heterocycles. The summed E-state index contributed by atoms with van der Waals surface area (Å²) in [5.74, 6) is 0.453. The number of hydrogen-bond donors (Lipinski definition) is 1. The molecular weight excluding hydrogens is 370 g/mol. The first-order valence-electron chi connectivity index (χ1n) is 7.75. The molecule has 0 radical (unpaired) electrons. The first-order valence-corrected chi connectivity index (χ1v) is 8.13. The van der Waals surface area contributed by atoms with Gasteiger partial charge in [0.2, 0.25) is 5.88 Å². The van der Waals surface area contributed by atoms with E-state index in [1.165, 1.54) is 24.8 Å². The fraction of sp³-hybridized carbons (Fsp3) is 0. The highest BCUT2D eigenvalue weighted by Gasteiger charge is 2.27. The molecule has 4 aromatic heterocycles. The van der Waals surface area contributed by atoms with Crippen LogP contribution in [0.5, 0.6) is 0 Å². The Bertz CT molecular complexity index is 1140. The van der Waals surface area contributed by atoms with Crippen molar-refractivity contribution in [2.24, 2.45) is 0 Å². The zero-order valence-electron chi connectivity index (χ0n) is 13.6. The summed E-state index contributed by atoms with van der Waals surface area (Å²) in [7, 11) is 0. The third-order valence-corrected chi connectivity index (χ3v) is 4.06. The van der Waals surface area contributed by atoms with Crippen LogP contribution in [0.3, 0.4) is 0 Å². The minimum Gasteiger partial charge on any atom is -0.464 e. The van der Waals surface area contributed by atoms with Crippen molar-refractivity contribution in [2.45, 2.75) is 0 Å². The summed E-state index contributed by atoms with van der Waals surface area (Å²) < 4.78 is 16.6. The summed E-state index contributed by atoms with van der Waals surface area (Å²) in [6.07, 6.45) is 4.42. The van der Waals surface area contributed by atoms with Crippen molar-refractivity contribution in [2.75, 3.05) is 5.32 Å². The van der Waals surface area contributed by atoms with E-state index in [1.54, 1.807) is 30.3 Å². The van der Waals surface area contributed by atoms with Crippen LogP contribution in [-0.2, 0) is 0 Å². The van der Waals surface area contributed by atoms with E-state index in [-0.39, 0.29) is 27.9 Å². The van der Waals surface area contributed by atoms with Gasteiger partial charge >= 0.3 is 0 Å². The molecule has 0 aliphatic carbocycles. The lowest BCUT2D eigenvalue weighted by molar-refractivity contribution is 0.102. The van der Waals surface area contributed by atoms with Gasteiger partial charge in [-0.25, -0.2) is 4.98 Å². The highest BCUT2D eigenvalue weighted by Crippen LogP contribution is 2.41. The topological polar surface area (TPSA) is 105 Å². The molecule has 1 amide bonds. The predicted molar refractivity (Wildman–Crippen MR) is 96.0 cm³/mol. The van der Waals surface area contributed by atoms with E-state index in [2.05, 4.69) is 10.3 Å². The molecule has 4 heterocycles. The lowest BCUT2D eigenvalue weighted by atomic mass is 10.1. The first-order chi connectivity index (χ1) is 13.2. The van der Waals surface area contributed by atoms with Gasteiger partial charge in [0.1, 0.15) is 22.5 Å². The zero-order chi connectivity index (χ0) is 18.8. The van der Waals surface area contributed by atoms with Gasteiger partial charge in [-0.05, 0) is 36.4 Å². The van der Waals surface area contributed by atoms with Crippen LogP contribution in [-0.4, -0.2) is 10.9 Å². The molecule has 27 heavy (non-hydrogen) atoms. The molecule has 4 rings (SSSR count). The Morgan fingerprint density at radius 2 is 1.85 bits per heavy atom. The largest absolute Gasteiger partial charge is 0.464 e. The van der Waals surface area contributed by atoms with E-state index in [4.69, 9.17) is 24.9 Å². The molecule has 0 aliphatic rings. The smallest absolute Gasteiger partial charge is 0.261 e. The Morgan fingerprint density at radius 3 is 2.48 bits per heavy atom. The number of pyridine rings is 1. The number of furan rings is 3. The van der Waals surface area contributed by atoms with Gasteiger partial charge in [-0.2, -0.15) is 5.26 Å². The number of aromatic nitrogens is 1. The van der Waals surface area contributed by atoms with E-state index in [1.807, 2.05) is 6.07 Å². The summed E-state index contributed by atoms with van der Waals surface area (Å²) in [6.45, 7) is 0. The van der Waals surface area contributed by atoms with Gasteiger partial charge in [0.05, 0.1) is 23.7 Å². The number of carbonyl (C=O) groups is 1. The van der Waals surface area contributed by atoms with Crippen LogP contribution in [0.15, 0.2) is 68.4 Å². The minimum atomic E-state index is -0.560. The molecule has 0 bridgehead atoms. The van der Waals surface area contributed by atoms with Crippen molar-refractivity contribution in [3.63, 3.8) is 0 Å². The van der Waals surface area contributed by atoms with Gasteiger partial charge in [0, 0.05) is 6.20 Å². The number of halogens is 1. The van der Waals surface area contributed by atoms with Gasteiger partial charge < -0.3 is 13.3 Å². The number of hydrogen-bond acceptors (Lipinski definition) is 6. The molecule has 0 spiro atoms. The van der Waals surface area contributed by atoms with Gasteiger partial charge in [-0.1, -0.05) is 11.6 Å². The molecule has 132 valence electrons. The standard InChI is InChI=1S/C19H10ClN3O4/c20-17-11(4-1-7-22-17)18(24)23-19-12(10-21)15(13-5-2-8-25-13)16(27-19)14-6-3-9-26-14/h1-9H,(H,23,24). The van der Waals surface area contributed by atoms with E-state index in [9.17, 15) is 10.1 Å². The summed E-state index contributed by atoms with van der Waals surface area (Å²) in [6, 6.07) is 11.9. The Hall–Kier alpha value is -3.76. The average molecular weight is 380 g/mol. The second-order valence-corrected chi connectivity index (χ2v) is 5.73. The molecule has 4 aromatic rings. The van der Waals surface area contributed by atoms with Crippen LogP contribution >= 0.6 is 11.6 Å². The predicted octanol–water partition coefficient (Wildman–Crippen LogP) is 4.97. The molecule has 0 unspecified atom stereocenters. The molecule has 0 atom stereocenters. The SMILES string of the molecule is N#Cc1c(NC(=O)c2cccnc2Cl)oc(-c2ccco2)c1-c1ccco1. The van der Waals surface area contributed by atoms with Crippen molar-refractivity contribution < 1.29 is 18.0 Å². The molecule has 0 saturated carbocycles. The van der Waals surface area contributed by atoms with Crippen LogP contribution in [0.4, 0.5) is 5.88 Å². The van der Waals surface area contributed by atoms with Crippen LogP contribution in [0.2, 0.25) is 5.15 Å². The number of rotatable bonds is 4. The minimum absolute atomic E-state index is 0.0394. The zero-order valence-corrected chi connectivity index (χ0v) is 14.4. The molecule has 0 aromatic carbocycles. The van der Waals surface area contributed by atoms with Crippen LogP contribution < -0.4 is 5.32 Å². The second kappa shape index (κ2) is 6.86. The van der Waals surface area contributed by atoms with Crippen LogP contribution in [0, 0.1) is 11.3 Å². The Labute approximate surface area is 157 Å². The third-order valence-electron chi connectivity index (χ3n) is 3.76.